The minimum Gasteiger partial charge on any atom is -0.376 e. The maximum atomic E-state index is 12.2. The van der Waals surface area contributed by atoms with Gasteiger partial charge in [0.25, 0.3) is 0 Å². The predicted molar refractivity (Wildman–Crippen MR) is 99.3 cm³/mol. The van der Waals surface area contributed by atoms with Crippen LogP contribution in [0.25, 0.3) is 0 Å². The summed E-state index contributed by atoms with van der Waals surface area (Å²) in [4.78, 5) is 12.0. The van der Waals surface area contributed by atoms with Crippen molar-refractivity contribution in [2.45, 2.75) is 45.6 Å². The number of hydrogen-bond acceptors (Lipinski definition) is 4. The van der Waals surface area contributed by atoms with Crippen LogP contribution in [0.3, 0.4) is 0 Å². The zero-order chi connectivity index (χ0) is 18.4. The Morgan fingerprint density at radius 2 is 2.12 bits per heavy atom. The van der Waals surface area contributed by atoms with Crippen molar-refractivity contribution in [2.75, 3.05) is 30.3 Å². The summed E-state index contributed by atoms with van der Waals surface area (Å²) in [5, 5.41) is 2.87. The summed E-state index contributed by atoms with van der Waals surface area (Å²) in [6.45, 7) is 5.46. The smallest absolute Gasteiger partial charge is 0.232 e. The molecule has 1 fully saturated rings. The van der Waals surface area contributed by atoms with E-state index >= 15 is 0 Å². The number of sulfonamides is 1. The van der Waals surface area contributed by atoms with Crippen molar-refractivity contribution in [1.29, 1.82) is 0 Å². The van der Waals surface area contributed by atoms with Crippen molar-refractivity contribution in [3.8, 4) is 0 Å². The third-order valence-corrected chi connectivity index (χ3v) is 5.74. The van der Waals surface area contributed by atoms with E-state index in [0.717, 1.165) is 30.6 Å². The fourth-order valence-electron chi connectivity index (χ4n) is 2.98. The Bertz CT molecular complexity index is 697. The molecular weight excluding hydrogens is 340 g/mol. The molecule has 0 radical (unpaired) electrons. The predicted octanol–water partition coefficient (Wildman–Crippen LogP) is 2.14. The van der Waals surface area contributed by atoms with Crippen LogP contribution in [0.1, 0.15) is 36.8 Å². The number of nitrogens with one attached hydrogen (secondary N) is 1. The van der Waals surface area contributed by atoms with Crippen molar-refractivity contribution < 1.29 is 17.9 Å². The van der Waals surface area contributed by atoms with Gasteiger partial charge >= 0.3 is 0 Å². The first-order chi connectivity index (χ1) is 11.8. The molecule has 0 saturated carbocycles. The second-order valence-electron chi connectivity index (χ2n) is 6.60. The van der Waals surface area contributed by atoms with Crippen LogP contribution in [-0.2, 0) is 19.6 Å². The summed E-state index contributed by atoms with van der Waals surface area (Å²) >= 11 is 0. The Hall–Kier alpha value is -1.60. The minimum atomic E-state index is -3.40. The molecule has 0 spiro atoms. The molecule has 0 bridgehead atoms. The Balaban J connectivity index is 1.90. The Morgan fingerprint density at radius 1 is 1.36 bits per heavy atom. The van der Waals surface area contributed by atoms with Crippen LogP contribution in [-0.4, -0.2) is 46.4 Å². The van der Waals surface area contributed by atoms with Gasteiger partial charge in [0, 0.05) is 26.1 Å². The molecule has 0 aliphatic carbocycles. The molecule has 7 heteroatoms. The van der Waals surface area contributed by atoms with Gasteiger partial charge in [-0.2, -0.15) is 0 Å². The molecule has 6 nitrogen and oxygen atoms in total. The van der Waals surface area contributed by atoms with Gasteiger partial charge in [-0.1, -0.05) is 12.1 Å². The van der Waals surface area contributed by atoms with Crippen molar-refractivity contribution in [1.82, 2.24) is 5.32 Å². The molecule has 0 unspecified atom stereocenters. The maximum absolute atomic E-state index is 12.2. The van der Waals surface area contributed by atoms with Gasteiger partial charge in [-0.3, -0.25) is 9.10 Å². The first-order valence-corrected chi connectivity index (χ1v) is 10.6. The standard InChI is InChI=1S/C18H28N2O4S/c1-14-7-4-9-17(15(14)2)20(25(3,22)23)11-5-10-18(21)19-13-16-8-6-12-24-16/h4,7,9,16H,5-6,8,10-13H2,1-3H3,(H,19,21)/t16-/m1/s1. The number of ether oxygens (including phenoxy) is 1. The molecule has 1 aromatic carbocycles. The number of carbonyl (C=O) groups is 1. The number of nitrogens with zero attached hydrogens (tertiary/aromatic N) is 1. The monoisotopic (exact) mass is 368 g/mol. The van der Waals surface area contributed by atoms with E-state index in [1.807, 2.05) is 26.0 Å². The first kappa shape index (κ1) is 19.7. The highest BCUT2D eigenvalue weighted by Crippen LogP contribution is 2.25. The van der Waals surface area contributed by atoms with E-state index in [1.54, 1.807) is 6.07 Å². The molecule has 1 heterocycles. The average molecular weight is 368 g/mol. The molecule has 1 amide bonds. The number of benzene rings is 1. The van der Waals surface area contributed by atoms with Crippen LogP contribution in [0.2, 0.25) is 0 Å². The number of hydrogen-bond donors (Lipinski definition) is 1. The first-order valence-electron chi connectivity index (χ1n) is 8.71. The van der Waals surface area contributed by atoms with Crippen LogP contribution in [0.15, 0.2) is 18.2 Å². The largest absolute Gasteiger partial charge is 0.376 e. The number of rotatable bonds is 8. The second kappa shape index (κ2) is 8.67. The van der Waals surface area contributed by atoms with E-state index in [1.165, 1.54) is 10.6 Å². The van der Waals surface area contributed by atoms with E-state index in [2.05, 4.69) is 5.32 Å². The van der Waals surface area contributed by atoms with Crippen LogP contribution in [0, 0.1) is 13.8 Å². The van der Waals surface area contributed by atoms with Crippen LogP contribution in [0.5, 0.6) is 0 Å². The van der Waals surface area contributed by atoms with E-state index in [4.69, 9.17) is 4.74 Å². The summed E-state index contributed by atoms with van der Waals surface area (Å²) < 4.78 is 31.2. The van der Waals surface area contributed by atoms with E-state index in [0.29, 0.717) is 25.1 Å². The van der Waals surface area contributed by atoms with Gasteiger partial charge in [0.05, 0.1) is 18.0 Å². The van der Waals surface area contributed by atoms with Crippen LogP contribution < -0.4 is 9.62 Å². The fraction of sp³-hybridized carbons (Fsp3) is 0.611. The highest BCUT2D eigenvalue weighted by atomic mass is 32.2. The highest BCUT2D eigenvalue weighted by molar-refractivity contribution is 7.92. The van der Waals surface area contributed by atoms with E-state index < -0.39 is 10.0 Å². The zero-order valence-electron chi connectivity index (χ0n) is 15.2. The van der Waals surface area contributed by atoms with E-state index in [-0.39, 0.29) is 18.6 Å². The van der Waals surface area contributed by atoms with E-state index in [9.17, 15) is 13.2 Å². The number of aryl methyl sites for hydroxylation is 1. The minimum absolute atomic E-state index is 0.0649. The van der Waals surface area contributed by atoms with Crippen LogP contribution >= 0.6 is 0 Å². The maximum Gasteiger partial charge on any atom is 0.232 e. The molecule has 1 aliphatic rings. The lowest BCUT2D eigenvalue weighted by Crippen LogP contribution is -2.34. The van der Waals surface area contributed by atoms with Gasteiger partial charge in [0.2, 0.25) is 15.9 Å². The fourth-order valence-corrected chi connectivity index (χ4v) is 3.99. The van der Waals surface area contributed by atoms with Gasteiger partial charge in [-0.15, -0.1) is 0 Å². The molecule has 1 aliphatic heterocycles. The Morgan fingerprint density at radius 3 is 2.76 bits per heavy atom. The van der Waals surface area contributed by atoms with Gasteiger partial charge in [-0.25, -0.2) is 8.42 Å². The lowest BCUT2D eigenvalue weighted by atomic mass is 10.1. The lowest BCUT2D eigenvalue weighted by molar-refractivity contribution is -0.121. The van der Waals surface area contributed by atoms with Crippen LogP contribution in [0.4, 0.5) is 5.69 Å². The summed E-state index contributed by atoms with van der Waals surface area (Å²) in [5.74, 6) is -0.0649. The number of carbonyl (C=O) groups excluding carboxylic acids is 1. The normalized spacial score (nSPS) is 17.5. The zero-order valence-corrected chi connectivity index (χ0v) is 16.1. The molecule has 2 rings (SSSR count). The molecule has 1 saturated heterocycles. The Kier molecular flexibility index (Phi) is 6.84. The molecule has 1 aromatic rings. The highest BCUT2D eigenvalue weighted by Gasteiger charge is 2.20. The molecule has 140 valence electrons. The van der Waals surface area contributed by atoms with Gasteiger partial charge < -0.3 is 10.1 Å². The summed E-state index contributed by atoms with van der Waals surface area (Å²) in [6, 6.07) is 5.61. The average Bonchev–Trinajstić information content (AvgIpc) is 3.05. The van der Waals surface area contributed by atoms with Crippen molar-refractivity contribution in [3.05, 3.63) is 29.3 Å². The van der Waals surface area contributed by atoms with Gasteiger partial charge in [0.1, 0.15) is 0 Å². The third kappa shape index (κ3) is 5.71. The summed E-state index contributed by atoms with van der Waals surface area (Å²) in [7, 11) is -3.40. The molecule has 1 atom stereocenters. The number of anilines is 1. The lowest BCUT2D eigenvalue weighted by Gasteiger charge is -2.25. The van der Waals surface area contributed by atoms with Crippen molar-refractivity contribution in [3.63, 3.8) is 0 Å². The summed E-state index contributed by atoms with van der Waals surface area (Å²) in [6.07, 6.45) is 4.11. The molecule has 0 aromatic heterocycles. The van der Waals surface area contributed by atoms with Crippen molar-refractivity contribution in [2.24, 2.45) is 0 Å². The summed E-state index contributed by atoms with van der Waals surface area (Å²) in [5.41, 5.74) is 2.67. The topological polar surface area (TPSA) is 75.7 Å². The Labute approximate surface area is 150 Å². The quantitative estimate of drug-likeness (QED) is 0.763. The SMILES string of the molecule is Cc1cccc(N(CCCC(=O)NC[C@H]2CCCO2)S(C)(=O)=O)c1C. The molecule has 1 N–H and O–H groups in total. The van der Waals surface area contributed by atoms with Gasteiger partial charge in [-0.05, 0) is 50.3 Å². The van der Waals surface area contributed by atoms with Gasteiger partial charge in [0.15, 0.2) is 0 Å². The molecular formula is C18H28N2O4S. The second-order valence-corrected chi connectivity index (χ2v) is 8.50. The third-order valence-electron chi connectivity index (χ3n) is 4.56. The van der Waals surface area contributed by atoms with Crippen molar-refractivity contribution >= 4 is 21.6 Å². The number of amides is 1. The molecule has 25 heavy (non-hydrogen) atoms.